The van der Waals surface area contributed by atoms with Gasteiger partial charge in [-0.05, 0) is 35.9 Å². The fourth-order valence-electron chi connectivity index (χ4n) is 2.56. The molecule has 3 aromatic heterocycles. The highest BCUT2D eigenvalue weighted by Crippen LogP contribution is 2.24. The maximum absolute atomic E-state index is 13.9. The summed E-state index contributed by atoms with van der Waals surface area (Å²) in [6.45, 7) is 0. The van der Waals surface area contributed by atoms with Crippen LogP contribution in [0.2, 0.25) is 0 Å². The van der Waals surface area contributed by atoms with E-state index in [4.69, 9.17) is 4.42 Å². The second kappa shape index (κ2) is 6.16. The minimum atomic E-state index is -0.390. The van der Waals surface area contributed by atoms with Crippen LogP contribution in [0.1, 0.15) is 16.2 Å². The Balaban J connectivity index is 1.69. The van der Waals surface area contributed by atoms with E-state index in [1.807, 2.05) is 24.3 Å². The maximum atomic E-state index is 13.9. The Bertz CT molecular complexity index is 1040. The summed E-state index contributed by atoms with van der Waals surface area (Å²) >= 11 is 0. The molecule has 122 valence electrons. The molecule has 0 radical (unpaired) electrons. The van der Waals surface area contributed by atoms with Gasteiger partial charge in [-0.2, -0.15) is 0 Å². The third-order valence-corrected chi connectivity index (χ3v) is 3.79. The third kappa shape index (κ3) is 2.85. The van der Waals surface area contributed by atoms with E-state index in [0.29, 0.717) is 11.1 Å². The van der Waals surface area contributed by atoms with E-state index < -0.39 is 0 Å². The van der Waals surface area contributed by atoms with E-state index in [9.17, 15) is 9.18 Å². The zero-order chi connectivity index (χ0) is 17.2. The number of hydrogen-bond donors (Lipinski definition) is 0. The molecule has 0 N–H and O–H groups in total. The van der Waals surface area contributed by atoms with Crippen LogP contribution in [0.4, 0.5) is 4.39 Å². The van der Waals surface area contributed by atoms with Gasteiger partial charge in [0, 0.05) is 23.6 Å². The number of imidazole rings is 1. The van der Waals surface area contributed by atoms with E-state index >= 15 is 0 Å². The summed E-state index contributed by atoms with van der Waals surface area (Å²) in [5.74, 6) is -0.447. The summed E-state index contributed by atoms with van der Waals surface area (Å²) in [5.41, 5.74) is 2.21. The quantitative estimate of drug-likeness (QED) is 0.532. The number of rotatable bonds is 4. The Hall–Kier alpha value is -3.54. The molecule has 0 aliphatic heterocycles. The van der Waals surface area contributed by atoms with Crippen LogP contribution >= 0.6 is 0 Å². The molecule has 0 bridgehead atoms. The zero-order valence-corrected chi connectivity index (χ0v) is 13.0. The number of carbonyl (C=O) groups is 1. The number of hydrogen-bond acceptors (Lipinski definition) is 4. The Morgan fingerprint density at radius 3 is 2.88 bits per heavy atom. The molecule has 0 atom stereocenters. The Kier molecular flexibility index (Phi) is 3.70. The molecule has 4 rings (SSSR count). The SMILES string of the molecule is O=C(c1cn(-c2cccc(-c3ccncc3F)c2)cn1)c1ccco1. The fraction of sp³-hybridized carbons (Fsp3) is 0. The molecule has 0 fully saturated rings. The van der Waals surface area contributed by atoms with Gasteiger partial charge in [-0.25, -0.2) is 9.37 Å². The lowest BCUT2D eigenvalue weighted by atomic mass is 10.1. The van der Waals surface area contributed by atoms with Crippen molar-refractivity contribution in [2.75, 3.05) is 0 Å². The summed E-state index contributed by atoms with van der Waals surface area (Å²) in [6, 6.07) is 12.2. The fourth-order valence-corrected chi connectivity index (χ4v) is 2.56. The number of ketones is 1. The summed E-state index contributed by atoms with van der Waals surface area (Å²) in [7, 11) is 0. The topological polar surface area (TPSA) is 60.9 Å². The van der Waals surface area contributed by atoms with Gasteiger partial charge < -0.3 is 8.98 Å². The van der Waals surface area contributed by atoms with Crippen LogP contribution in [0, 0.1) is 5.82 Å². The molecule has 0 aliphatic rings. The van der Waals surface area contributed by atoms with Crippen LogP contribution in [0.3, 0.4) is 0 Å². The molecule has 0 saturated carbocycles. The highest BCUT2D eigenvalue weighted by molar-refractivity contribution is 6.05. The number of aromatic nitrogens is 3. The molecule has 5 nitrogen and oxygen atoms in total. The van der Waals surface area contributed by atoms with Gasteiger partial charge >= 0.3 is 0 Å². The average Bonchev–Trinajstić information content (AvgIpc) is 3.34. The van der Waals surface area contributed by atoms with E-state index in [1.54, 1.807) is 35.2 Å². The van der Waals surface area contributed by atoms with Gasteiger partial charge in [0.15, 0.2) is 5.76 Å². The van der Waals surface area contributed by atoms with Crippen LogP contribution in [0.25, 0.3) is 16.8 Å². The smallest absolute Gasteiger partial charge is 0.248 e. The maximum Gasteiger partial charge on any atom is 0.248 e. The number of nitrogens with zero attached hydrogens (tertiary/aromatic N) is 3. The van der Waals surface area contributed by atoms with Crippen molar-refractivity contribution in [3.05, 3.63) is 90.9 Å². The minimum Gasteiger partial charge on any atom is -0.461 e. The van der Waals surface area contributed by atoms with Crippen molar-refractivity contribution in [3.8, 4) is 16.8 Å². The van der Waals surface area contributed by atoms with Gasteiger partial charge in [-0.1, -0.05) is 12.1 Å². The van der Waals surface area contributed by atoms with E-state index in [-0.39, 0.29) is 23.1 Å². The van der Waals surface area contributed by atoms with Crippen molar-refractivity contribution in [1.29, 1.82) is 0 Å². The van der Waals surface area contributed by atoms with Crippen LogP contribution in [0.15, 0.2) is 78.1 Å². The van der Waals surface area contributed by atoms with Crippen molar-refractivity contribution in [2.45, 2.75) is 0 Å². The molecular weight excluding hydrogens is 321 g/mol. The lowest BCUT2D eigenvalue weighted by molar-refractivity contribution is 0.100. The minimum absolute atomic E-state index is 0.234. The van der Waals surface area contributed by atoms with E-state index in [2.05, 4.69) is 9.97 Å². The molecule has 3 heterocycles. The van der Waals surface area contributed by atoms with Crippen LogP contribution in [-0.2, 0) is 0 Å². The van der Waals surface area contributed by atoms with Crippen molar-refractivity contribution in [3.63, 3.8) is 0 Å². The Labute approximate surface area is 142 Å². The normalized spacial score (nSPS) is 10.8. The summed E-state index contributed by atoms with van der Waals surface area (Å²) in [6.07, 6.45) is 7.32. The van der Waals surface area contributed by atoms with Gasteiger partial charge in [0.05, 0.1) is 12.5 Å². The first kappa shape index (κ1) is 15.0. The van der Waals surface area contributed by atoms with E-state index in [1.165, 1.54) is 18.8 Å². The first-order valence-electron chi connectivity index (χ1n) is 7.55. The van der Waals surface area contributed by atoms with Crippen LogP contribution in [-0.4, -0.2) is 20.3 Å². The van der Waals surface area contributed by atoms with Crippen molar-refractivity contribution >= 4 is 5.78 Å². The lowest BCUT2D eigenvalue weighted by Gasteiger charge is -2.06. The van der Waals surface area contributed by atoms with Gasteiger partial charge in [-0.3, -0.25) is 9.78 Å². The monoisotopic (exact) mass is 333 g/mol. The summed E-state index contributed by atoms with van der Waals surface area (Å²) in [5, 5.41) is 0. The molecule has 0 spiro atoms. The average molecular weight is 333 g/mol. The van der Waals surface area contributed by atoms with Gasteiger partial charge in [0.25, 0.3) is 0 Å². The molecule has 25 heavy (non-hydrogen) atoms. The third-order valence-electron chi connectivity index (χ3n) is 3.79. The number of carbonyl (C=O) groups excluding carboxylic acids is 1. The number of halogens is 1. The van der Waals surface area contributed by atoms with E-state index in [0.717, 1.165) is 5.69 Å². The molecule has 0 aliphatic carbocycles. The van der Waals surface area contributed by atoms with Crippen LogP contribution < -0.4 is 0 Å². The first-order chi connectivity index (χ1) is 12.2. The molecule has 0 saturated heterocycles. The molecular formula is C19H12FN3O2. The summed E-state index contributed by atoms with van der Waals surface area (Å²) < 4.78 is 20.8. The second-order valence-electron chi connectivity index (χ2n) is 5.38. The number of furan rings is 1. The Morgan fingerprint density at radius 1 is 1.16 bits per heavy atom. The van der Waals surface area contributed by atoms with Crippen LogP contribution in [0.5, 0.6) is 0 Å². The molecule has 0 amide bonds. The first-order valence-corrected chi connectivity index (χ1v) is 7.55. The van der Waals surface area contributed by atoms with Gasteiger partial charge in [-0.15, -0.1) is 0 Å². The van der Waals surface area contributed by atoms with Crippen molar-refractivity contribution < 1.29 is 13.6 Å². The molecule has 6 heteroatoms. The number of benzene rings is 1. The zero-order valence-electron chi connectivity index (χ0n) is 13.0. The van der Waals surface area contributed by atoms with Crippen molar-refractivity contribution in [1.82, 2.24) is 14.5 Å². The number of pyridine rings is 1. The molecule has 4 aromatic rings. The Morgan fingerprint density at radius 2 is 2.08 bits per heavy atom. The highest BCUT2D eigenvalue weighted by atomic mass is 19.1. The predicted octanol–water partition coefficient (Wildman–Crippen LogP) is 3.90. The van der Waals surface area contributed by atoms with Crippen molar-refractivity contribution in [2.24, 2.45) is 0 Å². The lowest BCUT2D eigenvalue weighted by Crippen LogP contribution is -1.99. The largest absolute Gasteiger partial charge is 0.461 e. The molecule has 1 aromatic carbocycles. The van der Waals surface area contributed by atoms with Gasteiger partial charge in [0.2, 0.25) is 5.78 Å². The summed E-state index contributed by atoms with van der Waals surface area (Å²) in [4.78, 5) is 20.2. The van der Waals surface area contributed by atoms with Gasteiger partial charge in [0.1, 0.15) is 17.8 Å². The highest BCUT2D eigenvalue weighted by Gasteiger charge is 2.15. The predicted molar refractivity (Wildman–Crippen MR) is 88.9 cm³/mol. The second-order valence-corrected chi connectivity index (χ2v) is 5.38. The molecule has 0 unspecified atom stereocenters. The standard InChI is InChI=1S/C19H12FN3O2/c20-16-10-21-7-6-15(16)13-3-1-4-14(9-13)23-11-17(22-12-23)19(24)18-5-2-8-25-18/h1-12H.